The molecule has 0 aliphatic heterocycles. The number of benzene rings is 1. The first kappa shape index (κ1) is 10.4. The van der Waals surface area contributed by atoms with Gasteiger partial charge in [0.2, 0.25) is 10.9 Å². The number of hydrogen-bond acceptors (Lipinski definition) is 4. The quantitative estimate of drug-likeness (QED) is 0.720. The van der Waals surface area contributed by atoms with Crippen LogP contribution < -0.4 is 20.3 Å². The fourth-order valence-electron chi connectivity index (χ4n) is 1.54. The van der Waals surface area contributed by atoms with Crippen LogP contribution in [0.5, 0.6) is 11.5 Å². The highest BCUT2D eigenvalue weighted by Crippen LogP contribution is 2.31. The molecule has 0 spiro atoms. The lowest BCUT2D eigenvalue weighted by molar-refractivity contribution is 0.404. The molecule has 0 fully saturated rings. The highest BCUT2D eigenvalue weighted by Gasteiger charge is 2.16. The van der Waals surface area contributed by atoms with E-state index in [9.17, 15) is 9.59 Å². The molecule has 0 aliphatic rings. The minimum Gasteiger partial charge on any atom is -0.497 e. The number of hydrogen-bond donors (Lipinski definition) is 0. The van der Waals surface area contributed by atoms with Crippen molar-refractivity contribution in [3.8, 4) is 22.6 Å². The van der Waals surface area contributed by atoms with Crippen molar-refractivity contribution in [2.75, 3.05) is 14.2 Å². The van der Waals surface area contributed by atoms with Gasteiger partial charge in [-0.05, 0) is 18.2 Å². The standard InChI is InChI=1S/C12H10O4/c1-15-7-3-4-11(16-2)8(5-7)9-6-10(13)12(9)14/h3-6H,1-2H3. The lowest BCUT2D eigenvalue weighted by Gasteiger charge is -2.10. The molecule has 4 nitrogen and oxygen atoms in total. The summed E-state index contributed by atoms with van der Waals surface area (Å²) in [5.74, 6) is 1.16. The molecule has 4 heteroatoms. The lowest BCUT2D eigenvalue weighted by Crippen LogP contribution is -2.30. The van der Waals surface area contributed by atoms with Crippen molar-refractivity contribution in [3.63, 3.8) is 0 Å². The molecule has 0 aliphatic carbocycles. The second-order valence-electron chi connectivity index (χ2n) is 3.32. The lowest BCUT2D eigenvalue weighted by atomic mass is 10.0. The topological polar surface area (TPSA) is 52.6 Å². The zero-order valence-electron chi connectivity index (χ0n) is 8.94. The summed E-state index contributed by atoms with van der Waals surface area (Å²) < 4.78 is 10.2. The Bertz CT molecular complexity index is 591. The predicted molar refractivity (Wildman–Crippen MR) is 59.9 cm³/mol. The van der Waals surface area contributed by atoms with Crippen LogP contribution in [0.2, 0.25) is 0 Å². The van der Waals surface area contributed by atoms with Gasteiger partial charge in [0.15, 0.2) is 0 Å². The van der Waals surface area contributed by atoms with Gasteiger partial charge >= 0.3 is 0 Å². The maximum Gasteiger partial charge on any atom is 0.233 e. The fourth-order valence-corrected chi connectivity index (χ4v) is 1.54. The van der Waals surface area contributed by atoms with E-state index in [4.69, 9.17) is 9.47 Å². The molecule has 0 amide bonds. The molecule has 0 saturated heterocycles. The van der Waals surface area contributed by atoms with E-state index in [2.05, 4.69) is 0 Å². The Labute approximate surface area is 91.7 Å². The second-order valence-corrected chi connectivity index (χ2v) is 3.32. The minimum absolute atomic E-state index is 0.376. The largest absolute Gasteiger partial charge is 0.497 e. The molecular weight excluding hydrogens is 208 g/mol. The molecule has 2 aromatic carbocycles. The van der Waals surface area contributed by atoms with Gasteiger partial charge in [-0.1, -0.05) is 0 Å². The number of methoxy groups -OCH3 is 2. The summed E-state index contributed by atoms with van der Waals surface area (Å²) in [6.45, 7) is 0. The zero-order valence-corrected chi connectivity index (χ0v) is 8.94. The molecule has 2 rings (SSSR count). The summed E-state index contributed by atoms with van der Waals surface area (Å²) in [7, 11) is 3.05. The van der Waals surface area contributed by atoms with Crippen LogP contribution in [0, 0.1) is 0 Å². The average molecular weight is 218 g/mol. The van der Waals surface area contributed by atoms with Crippen LogP contribution in [-0.2, 0) is 0 Å². The Balaban J connectivity index is 2.59. The first-order chi connectivity index (χ1) is 7.67. The molecule has 16 heavy (non-hydrogen) atoms. The van der Waals surface area contributed by atoms with Crippen molar-refractivity contribution in [2.45, 2.75) is 0 Å². The summed E-state index contributed by atoms with van der Waals surface area (Å²) in [4.78, 5) is 22.2. The van der Waals surface area contributed by atoms with Crippen molar-refractivity contribution < 1.29 is 9.47 Å². The molecule has 0 aromatic heterocycles. The van der Waals surface area contributed by atoms with E-state index in [1.807, 2.05) is 0 Å². The van der Waals surface area contributed by atoms with E-state index in [-0.39, 0.29) is 0 Å². The smallest absolute Gasteiger partial charge is 0.233 e. The Morgan fingerprint density at radius 3 is 2.19 bits per heavy atom. The first-order valence-electron chi connectivity index (χ1n) is 4.70. The van der Waals surface area contributed by atoms with Crippen molar-refractivity contribution in [1.82, 2.24) is 0 Å². The number of ether oxygens (including phenoxy) is 2. The van der Waals surface area contributed by atoms with E-state index in [0.29, 0.717) is 22.6 Å². The van der Waals surface area contributed by atoms with Gasteiger partial charge in [0, 0.05) is 17.2 Å². The van der Waals surface area contributed by atoms with Gasteiger partial charge in [-0.2, -0.15) is 0 Å². The van der Waals surface area contributed by atoms with Crippen molar-refractivity contribution >= 4 is 0 Å². The van der Waals surface area contributed by atoms with Gasteiger partial charge in [-0.3, -0.25) is 9.59 Å². The fraction of sp³-hybridized carbons (Fsp3) is 0.167. The molecule has 0 unspecified atom stereocenters. The van der Waals surface area contributed by atoms with E-state index >= 15 is 0 Å². The third-order valence-corrected chi connectivity index (χ3v) is 2.44. The first-order valence-corrected chi connectivity index (χ1v) is 4.70. The van der Waals surface area contributed by atoms with Gasteiger partial charge in [0.05, 0.1) is 14.2 Å². The van der Waals surface area contributed by atoms with Crippen molar-refractivity contribution in [3.05, 3.63) is 44.7 Å². The van der Waals surface area contributed by atoms with Crippen LogP contribution in [0.1, 0.15) is 0 Å². The van der Waals surface area contributed by atoms with Crippen LogP contribution in [0.4, 0.5) is 0 Å². The molecule has 0 atom stereocenters. The van der Waals surface area contributed by atoms with Crippen molar-refractivity contribution in [1.29, 1.82) is 0 Å². The Kier molecular flexibility index (Phi) is 2.48. The highest BCUT2D eigenvalue weighted by atomic mass is 16.5. The normalized spacial score (nSPS) is 10.4. The van der Waals surface area contributed by atoms with Gasteiger partial charge in [-0.15, -0.1) is 0 Å². The molecular formula is C12H10O4. The monoisotopic (exact) mass is 218 g/mol. The van der Waals surface area contributed by atoms with Crippen LogP contribution in [0.3, 0.4) is 0 Å². The second kappa shape index (κ2) is 3.81. The van der Waals surface area contributed by atoms with Crippen LogP contribution in [0.25, 0.3) is 11.1 Å². The summed E-state index contributed by atoms with van der Waals surface area (Å²) in [5, 5.41) is 0. The van der Waals surface area contributed by atoms with Gasteiger partial charge in [-0.25, -0.2) is 0 Å². The Morgan fingerprint density at radius 2 is 1.69 bits per heavy atom. The van der Waals surface area contributed by atoms with E-state index in [0.717, 1.165) is 0 Å². The SMILES string of the molecule is COc1ccc(OC)c(-c2cc(=O)c2=O)c1. The molecule has 0 heterocycles. The van der Waals surface area contributed by atoms with E-state index in [1.165, 1.54) is 20.3 Å². The summed E-state index contributed by atoms with van der Waals surface area (Å²) >= 11 is 0. The molecule has 82 valence electrons. The van der Waals surface area contributed by atoms with Crippen LogP contribution in [0.15, 0.2) is 33.9 Å². The van der Waals surface area contributed by atoms with Crippen molar-refractivity contribution in [2.24, 2.45) is 0 Å². The van der Waals surface area contributed by atoms with Gasteiger partial charge in [0.1, 0.15) is 11.5 Å². The highest BCUT2D eigenvalue weighted by molar-refractivity contribution is 5.73. The van der Waals surface area contributed by atoms with Gasteiger partial charge in [0.25, 0.3) is 0 Å². The molecule has 0 N–H and O–H groups in total. The van der Waals surface area contributed by atoms with Crippen LogP contribution in [-0.4, -0.2) is 14.2 Å². The summed E-state index contributed by atoms with van der Waals surface area (Å²) in [6, 6.07) is 6.41. The summed E-state index contributed by atoms with van der Waals surface area (Å²) in [5.41, 5.74) is 0.0126. The summed E-state index contributed by atoms with van der Waals surface area (Å²) in [6.07, 6.45) is 0. The molecule has 2 aromatic rings. The Morgan fingerprint density at radius 1 is 0.938 bits per heavy atom. The van der Waals surface area contributed by atoms with E-state index in [1.54, 1.807) is 18.2 Å². The maximum absolute atomic E-state index is 11.3. The predicted octanol–water partition coefficient (Wildman–Crippen LogP) is 0.967. The third-order valence-electron chi connectivity index (χ3n) is 2.44. The zero-order chi connectivity index (χ0) is 11.7. The third kappa shape index (κ3) is 1.48. The minimum atomic E-state index is -0.480. The molecule has 0 radical (unpaired) electrons. The Hall–Kier alpha value is -2.10. The van der Waals surface area contributed by atoms with Crippen LogP contribution >= 0.6 is 0 Å². The molecule has 0 saturated carbocycles. The maximum atomic E-state index is 11.3. The number of rotatable bonds is 3. The average Bonchev–Trinajstić information content (AvgIpc) is 2.34. The van der Waals surface area contributed by atoms with Gasteiger partial charge < -0.3 is 9.47 Å². The van der Waals surface area contributed by atoms with E-state index < -0.39 is 10.9 Å². The molecule has 0 bridgehead atoms.